The molecule has 16 heteroatoms. The summed E-state index contributed by atoms with van der Waals surface area (Å²) in [5.74, 6) is -3.71. The molecule has 2 heterocycles. The zero-order chi connectivity index (χ0) is 36.4. The van der Waals surface area contributed by atoms with Gasteiger partial charge in [0.1, 0.15) is 23.2 Å². The zero-order valence-electron chi connectivity index (χ0n) is 28.5. The number of carbonyl (C=O) groups is 6. The molecule has 272 valence electrons. The molecule has 1 aromatic carbocycles. The van der Waals surface area contributed by atoms with Crippen molar-refractivity contribution in [1.82, 2.24) is 25.6 Å². The molecule has 2 aliphatic heterocycles. The first-order chi connectivity index (χ1) is 23.5. The van der Waals surface area contributed by atoms with Crippen LogP contribution in [0.25, 0.3) is 0 Å². The highest BCUT2D eigenvalue weighted by molar-refractivity contribution is 7.91. The molecule has 0 unspecified atom stereocenters. The minimum Gasteiger partial charge on any atom is -0.444 e. The van der Waals surface area contributed by atoms with E-state index in [9.17, 15) is 37.2 Å². The first-order valence-corrected chi connectivity index (χ1v) is 18.6. The van der Waals surface area contributed by atoms with Gasteiger partial charge in [0, 0.05) is 29.6 Å². The maximum absolute atomic E-state index is 14.2. The Morgan fingerprint density at radius 2 is 1.66 bits per heavy atom. The Kier molecular flexibility index (Phi) is 10.6. The van der Waals surface area contributed by atoms with Crippen molar-refractivity contribution < 1.29 is 41.9 Å². The number of sulfonamides is 1. The predicted molar refractivity (Wildman–Crippen MR) is 181 cm³/mol. The Morgan fingerprint density at radius 1 is 0.980 bits per heavy atom. The topological polar surface area (TPSA) is 223 Å². The molecule has 1 saturated heterocycles. The molecule has 1 aromatic rings. The molecule has 0 aromatic heterocycles. The van der Waals surface area contributed by atoms with Gasteiger partial charge in [-0.15, -0.1) is 0 Å². The number of rotatable bonds is 7. The molecule has 2 saturated carbocycles. The van der Waals surface area contributed by atoms with E-state index in [0.29, 0.717) is 25.7 Å². The minimum atomic E-state index is -3.91. The minimum absolute atomic E-state index is 0.0274. The van der Waals surface area contributed by atoms with E-state index < -0.39 is 86.1 Å². The number of primary amides is 1. The van der Waals surface area contributed by atoms with Crippen LogP contribution in [0.3, 0.4) is 0 Å². The van der Waals surface area contributed by atoms with Crippen molar-refractivity contribution in [1.29, 1.82) is 0 Å². The molecular formula is C34H46N6O9S. The fraction of sp³-hybridized carbons (Fsp3) is 0.588. The van der Waals surface area contributed by atoms with E-state index in [4.69, 9.17) is 10.5 Å². The number of hydrogen-bond acceptors (Lipinski definition) is 9. The highest BCUT2D eigenvalue weighted by Crippen LogP contribution is 2.46. The summed E-state index contributed by atoms with van der Waals surface area (Å²) >= 11 is 0. The van der Waals surface area contributed by atoms with E-state index in [1.165, 1.54) is 29.2 Å². The molecular weight excluding hydrogens is 668 g/mol. The van der Waals surface area contributed by atoms with Crippen LogP contribution in [0, 0.1) is 5.92 Å². The number of nitrogens with one attached hydrogen (secondary N) is 4. The Morgan fingerprint density at radius 3 is 2.30 bits per heavy atom. The number of nitrogens with two attached hydrogens (primary N) is 1. The highest BCUT2D eigenvalue weighted by Gasteiger charge is 2.62. The molecule has 5 rings (SSSR count). The summed E-state index contributed by atoms with van der Waals surface area (Å²) in [7, 11) is -3.91. The van der Waals surface area contributed by atoms with E-state index in [2.05, 4.69) is 20.7 Å². The van der Waals surface area contributed by atoms with E-state index in [1.54, 1.807) is 20.8 Å². The molecule has 0 radical (unpaired) electrons. The van der Waals surface area contributed by atoms with Crippen molar-refractivity contribution in [2.75, 3.05) is 6.54 Å². The van der Waals surface area contributed by atoms with Gasteiger partial charge in [0.25, 0.3) is 11.8 Å². The van der Waals surface area contributed by atoms with Crippen LogP contribution in [0.4, 0.5) is 4.79 Å². The molecule has 4 aliphatic rings. The van der Waals surface area contributed by atoms with Crippen LogP contribution in [0.2, 0.25) is 0 Å². The van der Waals surface area contributed by atoms with Gasteiger partial charge in [0.2, 0.25) is 27.7 Å². The van der Waals surface area contributed by atoms with Gasteiger partial charge in [0.05, 0.1) is 5.25 Å². The molecule has 0 spiro atoms. The second-order valence-corrected chi connectivity index (χ2v) is 16.5. The van der Waals surface area contributed by atoms with Crippen molar-refractivity contribution in [3.8, 4) is 0 Å². The van der Waals surface area contributed by atoms with Crippen LogP contribution in [0.1, 0.15) is 99.3 Å². The molecule has 6 amide bonds. The smallest absolute Gasteiger partial charge is 0.408 e. The average molecular weight is 715 g/mol. The largest absolute Gasteiger partial charge is 0.444 e. The summed E-state index contributed by atoms with van der Waals surface area (Å²) in [4.78, 5) is 80.7. The van der Waals surface area contributed by atoms with Crippen LogP contribution in [0.5, 0.6) is 0 Å². The third-order valence-electron chi connectivity index (χ3n) is 9.34. The lowest BCUT2D eigenvalue weighted by Crippen LogP contribution is -2.58. The number of fused-ring (bicyclic) bond motifs is 2. The summed E-state index contributed by atoms with van der Waals surface area (Å²) in [6.07, 6.45) is 6.99. The van der Waals surface area contributed by atoms with E-state index >= 15 is 0 Å². The van der Waals surface area contributed by atoms with Gasteiger partial charge in [-0.05, 0) is 90.0 Å². The Labute approximate surface area is 291 Å². The van der Waals surface area contributed by atoms with Gasteiger partial charge in [-0.25, -0.2) is 13.2 Å². The van der Waals surface area contributed by atoms with E-state index in [1.807, 2.05) is 12.2 Å². The molecule has 0 bridgehead atoms. The van der Waals surface area contributed by atoms with Crippen LogP contribution in [-0.2, 0) is 29.1 Å². The maximum Gasteiger partial charge on any atom is 0.408 e. The number of amides is 6. The molecule has 2 aliphatic carbocycles. The monoisotopic (exact) mass is 714 g/mol. The summed E-state index contributed by atoms with van der Waals surface area (Å²) in [6.45, 7) is 5.00. The van der Waals surface area contributed by atoms with Crippen molar-refractivity contribution in [2.45, 2.75) is 113 Å². The number of allylic oxidation sites excluding steroid dienone is 1. The van der Waals surface area contributed by atoms with Gasteiger partial charge in [-0.2, -0.15) is 0 Å². The normalized spacial score (nSPS) is 27.4. The second kappa shape index (κ2) is 14.4. The summed E-state index contributed by atoms with van der Waals surface area (Å²) in [6, 6.07) is 2.75. The quantitative estimate of drug-likeness (QED) is 0.257. The fourth-order valence-corrected chi connectivity index (χ4v) is 7.77. The van der Waals surface area contributed by atoms with Gasteiger partial charge in [-0.1, -0.05) is 25.0 Å². The Bertz CT molecular complexity index is 1670. The molecule has 3 fully saturated rings. The summed E-state index contributed by atoms with van der Waals surface area (Å²) < 4.78 is 33.0. The Balaban J connectivity index is 1.42. The number of carbonyl (C=O) groups excluding carboxylic acids is 6. The van der Waals surface area contributed by atoms with Crippen LogP contribution >= 0.6 is 0 Å². The van der Waals surface area contributed by atoms with Crippen LogP contribution in [0.15, 0.2) is 36.4 Å². The number of alkyl carbamates (subject to hydrolysis) is 1. The maximum atomic E-state index is 14.2. The fourth-order valence-electron chi connectivity index (χ4n) is 6.41. The lowest BCUT2D eigenvalue weighted by Gasteiger charge is -2.30. The van der Waals surface area contributed by atoms with Crippen molar-refractivity contribution in [3.63, 3.8) is 0 Å². The zero-order valence-corrected chi connectivity index (χ0v) is 29.3. The highest BCUT2D eigenvalue weighted by atomic mass is 32.2. The predicted octanol–water partition coefficient (Wildman–Crippen LogP) is 1.38. The second-order valence-electron chi connectivity index (χ2n) is 14.6. The Hall–Kier alpha value is -4.47. The van der Waals surface area contributed by atoms with Gasteiger partial charge >= 0.3 is 6.09 Å². The SMILES string of the molecule is CC(C)(C)OC(=O)N[C@H]1CCCCCC=C[C@@H]2C[C@@]2(C(=O)NS(=O)(=O)C2CC2)NC(=O)[C@@H]2C[C@@H](NC(=O)c3ccc(C(N)=O)cc3)CN2C1=O. The third kappa shape index (κ3) is 8.81. The van der Waals surface area contributed by atoms with Gasteiger partial charge in [-0.3, -0.25) is 28.7 Å². The first-order valence-electron chi connectivity index (χ1n) is 17.0. The van der Waals surface area contributed by atoms with Crippen molar-refractivity contribution in [2.24, 2.45) is 11.7 Å². The summed E-state index contributed by atoms with van der Waals surface area (Å²) in [5, 5.41) is 7.66. The number of ether oxygens (including phenoxy) is 1. The molecule has 15 nitrogen and oxygen atoms in total. The van der Waals surface area contributed by atoms with Crippen molar-refractivity contribution >= 4 is 45.7 Å². The lowest BCUT2D eigenvalue weighted by molar-refractivity contribution is -0.141. The molecule has 6 N–H and O–H groups in total. The number of nitrogens with zero attached hydrogens (tertiary/aromatic N) is 1. The number of benzene rings is 1. The summed E-state index contributed by atoms with van der Waals surface area (Å²) in [5.41, 5.74) is 3.38. The third-order valence-corrected chi connectivity index (χ3v) is 11.2. The van der Waals surface area contributed by atoms with E-state index in [-0.39, 0.29) is 36.9 Å². The van der Waals surface area contributed by atoms with Crippen molar-refractivity contribution in [3.05, 3.63) is 47.5 Å². The van der Waals surface area contributed by atoms with Gasteiger partial charge in [0.15, 0.2) is 0 Å². The molecule has 5 atom stereocenters. The van der Waals surface area contributed by atoms with Crippen LogP contribution in [-0.4, -0.2) is 90.0 Å². The average Bonchev–Trinajstić information content (AvgIpc) is 3.95. The standard InChI is InChI=1S/C34H46N6O9S/c1-33(2,3)49-32(46)37-25-10-8-6-4-5-7-9-22-18-34(22,31(45)39-50(47,48)24-15-16-24)38-29(43)26-17-23(19-40(26)30(25)44)36-28(42)21-13-11-20(12-14-21)27(35)41/h7,9,11-14,22-26H,4-6,8,10,15-19H2,1-3H3,(H2,35,41)(H,36,42)(H,37,46)(H,38,43)(H,39,45)/t22-,23-,25+,26+,34-/m1/s1. The number of hydrogen-bond donors (Lipinski definition) is 5. The first kappa shape index (κ1) is 36.8. The van der Waals surface area contributed by atoms with Crippen LogP contribution < -0.4 is 26.4 Å². The molecule has 50 heavy (non-hydrogen) atoms. The lowest BCUT2D eigenvalue weighted by atomic mass is 10.0. The van der Waals surface area contributed by atoms with Gasteiger partial charge < -0.3 is 31.3 Å². The van der Waals surface area contributed by atoms with E-state index in [0.717, 1.165) is 12.8 Å².